The first-order valence-corrected chi connectivity index (χ1v) is 7.21. The van der Waals surface area contributed by atoms with Crippen LogP contribution in [0.15, 0.2) is 30.3 Å². The van der Waals surface area contributed by atoms with Crippen molar-refractivity contribution in [2.75, 3.05) is 13.2 Å². The number of ether oxygens (including phenoxy) is 2. The molecule has 1 unspecified atom stereocenters. The zero-order valence-electron chi connectivity index (χ0n) is 13.0. The lowest BCUT2D eigenvalue weighted by Crippen LogP contribution is -2.28. The zero-order chi connectivity index (χ0) is 14.3. The second-order valence-electron chi connectivity index (χ2n) is 6.05. The van der Waals surface area contributed by atoms with Crippen LogP contribution in [0.4, 0.5) is 0 Å². The Labute approximate surface area is 118 Å². The normalized spacial score (nSPS) is 13.8. The third-order valence-electron chi connectivity index (χ3n) is 3.25. The lowest BCUT2D eigenvalue weighted by atomic mass is 10.0. The molecule has 2 nitrogen and oxygen atoms in total. The maximum Gasteiger partial charge on any atom is 0.0648 e. The first-order valence-electron chi connectivity index (χ1n) is 7.21. The fourth-order valence-corrected chi connectivity index (χ4v) is 1.84. The Kier molecular flexibility index (Phi) is 6.53. The average Bonchev–Trinajstić information content (AvgIpc) is 2.36. The van der Waals surface area contributed by atoms with E-state index in [0.717, 1.165) is 19.6 Å². The minimum atomic E-state index is -0.127. The predicted molar refractivity (Wildman–Crippen MR) is 80.6 cm³/mol. The van der Waals surface area contributed by atoms with Gasteiger partial charge in [-0.2, -0.15) is 0 Å². The van der Waals surface area contributed by atoms with Crippen molar-refractivity contribution in [2.24, 2.45) is 0 Å². The molecule has 19 heavy (non-hydrogen) atoms. The second-order valence-corrected chi connectivity index (χ2v) is 6.05. The van der Waals surface area contributed by atoms with Gasteiger partial charge in [-0.15, -0.1) is 0 Å². The molecular formula is C17H28O2. The van der Waals surface area contributed by atoms with Crippen molar-refractivity contribution in [2.45, 2.75) is 58.7 Å². The van der Waals surface area contributed by atoms with Crippen molar-refractivity contribution in [3.63, 3.8) is 0 Å². The molecule has 0 aliphatic carbocycles. The summed E-state index contributed by atoms with van der Waals surface area (Å²) in [4.78, 5) is 0. The van der Waals surface area contributed by atoms with Crippen molar-refractivity contribution in [1.29, 1.82) is 0 Å². The van der Waals surface area contributed by atoms with Crippen LogP contribution in [-0.4, -0.2) is 24.9 Å². The third-order valence-corrected chi connectivity index (χ3v) is 3.25. The maximum absolute atomic E-state index is 6.05. The molecule has 0 saturated heterocycles. The van der Waals surface area contributed by atoms with Gasteiger partial charge in [0.15, 0.2) is 0 Å². The maximum atomic E-state index is 6.05. The molecule has 0 radical (unpaired) electrons. The van der Waals surface area contributed by atoms with Gasteiger partial charge in [0, 0.05) is 12.5 Å². The van der Waals surface area contributed by atoms with E-state index in [0.29, 0.717) is 12.0 Å². The SMILES string of the molecule is CC(C)OCCC(C)(C)OCC(C)c1ccccc1. The van der Waals surface area contributed by atoms with E-state index >= 15 is 0 Å². The Hall–Kier alpha value is -0.860. The lowest BCUT2D eigenvalue weighted by molar-refractivity contribution is -0.0511. The summed E-state index contributed by atoms with van der Waals surface area (Å²) in [7, 11) is 0. The summed E-state index contributed by atoms with van der Waals surface area (Å²) < 4.78 is 11.6. The topological polar surface area (TPSA) is 18.5 Å². The Morgan fingerprint density at radius 1 is 1.05 bits per heavy atom. The van der Waals surface area contributed by atoms with Crippen LogP contribution in [0.1, 0.15) is 52.5 Å². The zero-order valence-corrected chi connectivity index (χ0v) is 13.0. The second kappa shape index (κ2) is 7.66. The van der Waals surface area contributed by atoms with E-state index in [1.165, 1.54) is 5.56 Å². The van der Waals surface area contributed by atoms with Crippen LogP contribution in [-0.2, 0) is 9.47 Å². The highest BCUT2D eigenvalue weighted by Gasteiger charge is 2.20. The third kappa shape index (κ3) is 6.74. The van der Waals surface area contributed by atoms with Crippen LogP contribution in [0.3, 0.4) is 0 Å². The molecule has 2 heteroatoms. The van der Waals surface area contributed by atoms with E-state index in [4.69, 9.17) is 9.47 Å². The quantitative estimate of drug-likeness (QED) is 0.693. The minimum Gasteiger partial charge on any atom is -0.379 e. The highest BCUT2D eigenvalue weighted by molar-refractivity contribution is 5.18. The lowest BCUT2D eigenvalue weighted by Gasteiger charge is -2.27. The molecule has 0 aliphatic heterocycles. The van der Waals surface area contributed by atoms with Crippen LogP contribution in [0.5, 0.6) is 0 Å². The largest absolute Gasteiger partial charge is 0.379 e. The van der Waals surface area contributed by atoms with Gasteiger partial charge in [0.25, 0.3) is 0 Å². The van der Waals surface area contributed by atoms with Crippen LogP contribution < -0.4 is 0 Å². The molecule has 0 heterocycles. The van der Waals surface area contributed by atoms with Crippen molar-refractivity contribution in [3.8, 4) is 0 Å². The average molecular weight is 264 g/mol. The Bertz CT molecular complexity index is 344. The summed E-state index contributed by atoms with van der Waals surface area (Å²) in [6, 6.07) is 10.5. The molecule has 0 aliphatic rings. The van der Waals surface area contributed by atoms with Crippen LogP contribution in [0.2, 0.25) is 0 Å². The summed E-state index contributed by atoms with van der Waals surface area (Å²) in [5, 5.41) is 0. The summed E-state index contributed by atoms with van der Waals surface area (Å²) in [6.07, 6.45) is 1.21. The molecule has 1 rings (SSSR count). The van der Waals surface area contributed by atoms with Gasteiger partial charge in [-0.25, -0.2) is 0 Å². The van der Waals surface area contributed by atoms with Gasteiger partial charge in [0.05, 0.1) is 18.3 Å². The van der Waals surface area contributed by atoms with Gasteiger partial charge in [-0.3, -0.25) is 0 Å². The van der Waals surface area contributed by atoms with Crippen LogP contribution in [0.25, 0.3) is 0 Å². The van der Waals surface area contributed by atoms with Crippen molar-refractivity contribution >= 4 is 0 Å². The van der Waals surface area contributed by atoms with Gasteiger partial charge in [0.2, 0.25) is 0 Å². The summed E-state index contributed by atoms with van der Waals surface area (Å²) in [6.45, 7) is 12.1. The van der Waals surface area contributed by atoms with Crippen molar-refractivity contribution in [1.82, 2.24) is 0 Å². The smallest absolute Gasteiger partial charge is 0.0648 e. The molecule has 0 aromatic heterocycles. The van der Waals surface area contributed by atoms with E-state index in [2.05, 4.69) is 58.9 Å². The monoisotopic (exact) mass is 264 g/mol. The van der Waals surface area contributed by atoms with E-state index in [1.807, 2.05) is 6.07 Å². The van der Waals surface area contributed by atoms with E-state index in [1.54, 1.807) is 0 Å². The standard InChI is InChI=1S/C17H28O2/c1-14(2)18-12-11-17(4,5)19-13-15(3)16-9-7-6-8-10-16/h6-10,14-15H,11-13H2,1-5H3. The fraction of sp³-hybridized carbons (Fsp3) is 0.647. The van der Waals surface area contributed by atoms with Crippen LogP contribution in [0, 0.1) is 0 Å². The van der Waals surface area contributed by atoms with Gasteiger partial charge in [-0.05, 0) is 39.7 Å². The minimum absolute atomic E-state index is 0.127. The summed E-state index contributed by atoms with van der Waals surface area (Å²) in [5.74, 6) is 0.423. The highest BCUT2D eigenvalue weighted by atomic mass is 16.5. The number of benzene rings is 1. The number of hydrogen-bond donors (Lipinski definition) is 0. The van der Waals surface area contributed by atoms with Gasteiger partial charge in [0.1, 0.15) is 0 Å². The first kappa shape index (κ1) is 16.2. The van der Waals surface area contributed by atoms with Crippen molar-refractivity contribution < 1.29 is 9.47 Å². The van der Waals surface area contributed by atoms with E-state index < -0.39 is 0 Å². The molecule has 0 bridgehead atoms. The van der Waals surface area contributed by atoms with Gasteiger partial charge in [-0.1, -0.05) is 37.3 Å². The molecular weight excluding hydrogens is 236 g/mol. The predicted octanol–water partition coefficient (Wildman–Crippen LogP) is 4.40. The van der Waals surface area contributed by atoms with Crippen LogP contribution >= 0.6 is 0 Å². The number of rotatable bonds is 8. The highest BCUT2D eigenvalue weighted by Crippen LogP contribution is 2.21. The molecule has 0 fully saturated rings. The molecule has 0 saturated carbocycles. The molecule has 0 N–H and O–H groups in total. The molecule has 0 amide bonds. The summed E-state index contributed by atoms with van der Waals surface area (Å²) >= 11 is 0. The molecule has 0 spiro atoms. The molecule has 108 valence electrons. The Balaban J connectivity index is 2.34. The van der Waals surface area contributed by atoms with E-state index in [9.17, 15) is 0 Å². The van der Waals surface area contributed by atoms with Gasteiger partial charge >= 0.3 is 0 Å². The van der Waals surface area contributed by atoms with E-state index in [-0.39, 0.29) is 5.60 Å². The fourth-order valence-electron chi connectivity index (χ4n) is 1.84. The molecule has 1 aromatic rings. The Morgan fingerprint density at radius 3 is 2.26 bits per heavy atom. The summed E-state index contributed by atoms with van der Waals surface area (Å²) in [5.41, 5.74) is 1.20. The van der Waals surface area contributed by atoms with Gasteiger partial charge < -0.3 is 9.47 Å². The van der Waals surface area contributed by atoms with Crippen molar-refractivity contribution in [3.05, 3.63) is 35.9 Å². The molecule has 1 atom stereocenters. The molecule has 1 aromatic carbocycles. The Morgan fingerprint density at radius 2 is 1.68 bits per heavy atom. The number of hydrogen-bond acceptors (Lipinski definition) is 2. The first-order chi connectivity index (χ1) is 8.91.